The molecule has 1 heterocycles. The zero-order chi connectivity index (χ0) is 13.4. The lowest BCUT2D eigenvalue weighted by Gasteiger charge is -2.11. The largest absolute Gasteiger partial charge is 0.573 e. The molecule has 1 aromatic heterocycles. The Hall–Kier alpha value is -0.000000000000000167. The molecule has 0 bridgehead atoms. The monoisotopic (exact) mass is 421 g/mol. The van der Waals surface area contributed by atoms with Crippen molar-refractivity contribution in [2.24, 2.45) is 0 Å². The summed E-state index contributed by atoms with van der Waals surface area (Å²) >= 11 is 6.80. The minimum atomic E-state index is -4.95. The van der Waals surface area contributed by atoms with Crippen LogP contribution in [0.5, 0.6) is 5.75 Å². The number of nitrogens with zero attached hydrogens (tertiary/aromatic N) is 1. The molecule has 17 heavy (non-hydrogen) atoms. The second kappa shape index (κ2) is 4.94. The van der Waals surface area contributed by atoms with Crippen LogP contribution in [0.15, 0.2) is 11.1 Å². The number of alkyl halides is 3. The third-order valence-corrected chi connectivity index (χ3v) is 3.53. The second-order valence-corrected chi connectivity index (χ2v) is 6.49. The van der Waals surface area contributed by atoms with Gasteiger partial charge < -0.3 is 4.74 Å². The van der Waals surface area contributed by atoms with Crippen molar-refractivity contribution in [1.82, 2.24) is 4.98 Å². The molecule has 0 aromatic carbocycles. The van der Waals surface area contributed by atoms with Gasteiger partial charge in [0, 0.05) is 10.7 Å². The summed E-state index contributed by atoms with van der Waals surface area (Å²) in [4.78, 5) is 3.35. The molecule has 0 N–H and O–H groups in total. The summed E-state index contributed by atoms with van der Waals surface area (Å²) in [5, 5.41) is -1.20. The smallest absolute Gasteiger partial charge is 0.401 e. The van der Waals surface area contributed by atoms with Crippen molar-refractivity contribution in [1.29, 1.82) is 0 Å². The zero-order valence-corrected chi connectivity index (χ0v) is 11.9. The Morgan fingerprint density at radius 2 is 1.94 bits per heavy atom. The molecule has 0 atom stereocenters. The fraction of sp³-hybridized carbons (Fsp3) is 0.167. The van der Waals surface area contributed by atoms with Crippen molar-refractivity contribution in [3.05, 3.63) is 14.8 Å². The lowest BCUT2D eigenvalue weighted by molar-refractivity contribution is -0.275. The molecule has 96 valence electrons. The highest BCUT2D eigenvalue weighted by Crippen LogP contribution is 2.35. The molecule has 0 amide bonds. The summed E-state index contributed by atoms with van der Waals surface area (Å²) in [7, 11) is 0.799. The average Bonchev–Trinajstić information content (AvgIpc) is 2.07. The van der Waals surface area contributed by atoms with Crippen LogP contribution in [0.1, 0.15) is 0 Å². The van der Waals surface area contributed by atoms with Gasteiger partial charge in [-0.25, -0.2) is 13.4 Å². The van der Waals surface area contributed by atoms with E-state index in [1.807, 2.05) is 0 Å². The standard InChI is InChI=1S/C6HCl2F3INO3S/c7-2-1-3(17(8,14)15)13-5(12)4(2)16-6(9,10)11/h1H. The third kappa shape index (κ3) is 4.30. The van der Waals surface area contributed by atoms with Gasteiger partial charge in [-0.05, 0) is 28.7 Å². The molecule has 4 nitrogen and oxygen atoms in total. The van der Waals surface area contributed by atoms with E-state index in [4.69, 9.17) is 22.3 Å². The first-order valence-corrected chi connectivity index (χ1v) is 7.34. The first-order valence-electron chi connectivity index (χ1n) is 3.57. The summed E-state index contributed by atoms with van der Waals surface area (Å²) in [6.07, 6.45) is -4.95. The Morgan fingerprint density at radius 3 is 2.29 bits per heavy atom. The summed E-state index contributed by atoms with van der Waals surface area (Å²) in [6.45, 7) is 0. The molecule has 0 radical (unpaired) electrons. The minimum Gasteiger partial charge on any atom is -0.401 e. The Kier molecular flexibility index (Phi) is 4.37. The first-order chi connectivity index (χ1) is 7.50. The maximum Gasteiger partial charge on any atom is 0.573 e. The zero-order valence-electron chi connectivity index (χ0n) is 7.43. The molecule has 0 saturated heterocycles. The topological polar surface area (TPSA) is 56.3 Å². The number of hydrogen-bond donors (Lipinski definition) is 0. The number of halogens is 6. The second-order valence-electron chi connectivity index (χ2n) is 2.55. The van der Waals surface area contributed by atoms with Crippen molar-refractivity contribution >= 4 is 53.9 Å². The van der Waals surface area contributed by atoms with Crippen LogP contribution in [0.4, 0.5) is 13.2 Å². The van der Waals surface area contributed by atoms with Crippen molar-refractivity contribution < 1.29 is 26.3 Å². The first kappa shape index (κ1) is 15.1. The third-order valence-electron chi connectivity index (χ3n) is 1.33. The van der Waals surface area contributed by atoms with E-state index in [0.717, 1.165) is 0 Å². The molecule has 0 aliphatic heterocycles. The van der Waals surface area contributed by atoms with Gasteiger partial charge in [-0.15, -0.1) is 13.2 Å². The number of ether oxygens (including phenoxy) is 1. The van der Waals surface area contributed by atoms with Crippen molar-refractivity contribution in [3.63, 3.8) is 0 Å². The summed E-state index contributed by atoms with van der Waals surface area (Å²) < 4.78 is 61.0. The molecular formula is C6HCl2F3INO3S. The van der Waals surface area contributed by atoms with Crippen LogP contribution < -0.4 is 4.74 Å². The van der Waals surface area contributed by atoms with E-state index in [2.05, 4.69) is 9.72 Å². The predicted molar refractivity (Wildman–Crippen MR) is 61.7 cm³/mol. The minimum absolute atomic E-state index is 0.369. The molecule has 0 unspecified atom stereocenters. The van der Waals surface area contributed by atoms with Gasteiger partial charge in [0.05, 0.1) is 5.02 Å². The quantitative estimate of drug-likeness (QED) is 0.418. The van der Waals surface area contributed by atoms with Crippen LogP contribution in [0.2, 0.25) is 5.02 Å². The maximum atomic E-state index is 12.0. The highest BCUT2D eigenvalue weighted by molar-refractivity contribution is 14.1. The molecule has 0 spiro atoms. The van der Waals surface area contributed by atoms with E-state index in [-0.39, 0.29) is 3.70 Å². The van der Waals surface area contributed by atoms with Gasteiger partial charge in [0.1, 0.15) is 3.70 Å². The molecule has 0 saturated carbocycles. The molecule has 1 rings (SSSR count). The molecule has 0 aliphatic carbocycles. The number of hydrogen-bond acceptors (Lipinski definition) is 4. The average molecular weight is 422 g/mol. The fourth-order valence-electron chi connectivity index (χ4n) is 0.784. The summed E-state index contributed by atoms with van der Waals surface area (Å²) in [5.41, 5.74) is 0. The Balaban J connectivity index is 3.30. The van der Waals surface area contributed by atoms with Crippen LogP contribution >= 0.6 is 44.9 Å². The van der Waals surface area contributed by atoms with E-state index in [9.17, 15) is 21.6 Å². The normalized spacial score (nSPS) is 12.6. The SMILES string of the molecule is O=S(=O)(Cl)c1cc(Cl)c(OC(F)(F)F)c(I)n1. The predicted octanol–water partition coefficient (Wildman–Crippen LogP) is 3.17. The van der Waals surface area contributed by atoms with E-state index in [1.165, 1.54) is 22.6 Å². The van der Waals surface area contributed by atoms with E-state index >= 15 is 0 Å². The highest BCUT2D eigenvalue weighted by atomic mass is 127. The highest BCUT2D eigenvalue weighted by Gasteiger charge is 2.34. The Morgan fingerprint density at radius 1 is 1.41 bits per heavy atom. The maximum absolute atomic E-state index is 12.0. The molecular weight excluding hydrogens is 421 g/mol. The molecule has 0 fully saturated rings. The van der Waals surface area contributed by atoms with Gasteiger partial charge >= 0.3 is 6.36 Å². The lowest BCUT2D eigenvalue weighted by Crippen LogP contribution is -2.18. The number of pyridine rings is 1. The Labute approximate surface area is 117 Å². The van der Waals surface area contributed by atoms with Crippen LogP contribution in [0.25, 0.3) is 0 Å². The van der Waals surface area contributed by atoms with Crippen molar-refractivity contribution in [2.75, 3.05) is 0 Å². The lowest BCUT2D eigenvalue weighted by atomic mass is 10.4. The van der Waals surface area contributed by atoms with Gasteiger partial charge in [-0.3, -0.25) is 0 Å². The van der Waals surface area contributed by atoms with Gasteiger partial charge in [-0.2, -0.15) is 0 Å². The molecule has 11 heteroatoms. The van der Waals surface area contributed by atoms with Gasteiger partial charge in [0.25, 0.3) is 9.05 Å². The summed E-state index contributed by atoms with van der Waals surface area (Å²) in [5.74, 6) is -0.774. The summed E-state index contributed by atoms with van der Waals surface area (Å²) in [6, 6.07) is 0.674. The van der Waals surface area contributed by atoms with Gasteiger partial charge in [-0.1, -0.05) is 11.6 Å². The van der Waals surface area contributed by atoms with Crippen LogP contribution in [-0.2, 0) is 9.05 Å². The van der Waals surface area contributed by atoms with Crippen molar-refractivity contribution in [3.8, 4) is 5.75 Å². The molecule has 0 aliphatic rings. The van der Waals surface area contributed by atoms with Crippen LogP contribution in [0.3, 0.4) is 0 Å². The molecule has 1 aromatic rings. The van der Waals surface area contributed by atoms with Gasteiger partial charge in [0.2, 0.25) is 0 Å². The van der Waals surface area contributed by atoms with Crippen LogP contribution in [-0.4, -0.2) is 19.8 Å². The van der Waals surface area contributed by atoms with Crippen molar-refractivity contribution in [2.45, 2.75) is 11.4 Å². The number of aromatic nitrogens is 1. The van der Waals surface area contributed by atoms with Gasteiger partial charge in [0.15, 0.2) is 10.8 Å². The van der Waals surface area contributed by atoms with E-state index in [1.54, 1.807) is 0 Å². The fourth-order valence-corrected chi connectivity index (χ4v) is 2.76. The Bertz CT molecular complexity index is 525. The van der Waals surface area contributed by atoms with E-state index in [0.29, 0.717) is 6.07 Å². The van der Waals surface area contributed by atoms with Crippen LogP contribution in [0, 0.1) is 3.70 Å². The number of rotatable bonds is 2. The van der Waals surface area contributed by atoms with E-state index < -0.39 is 31.2 Å².